The summed E-state index contributed by atoms with van der Waals surface area (Å²) >= 11 is 0. The molecule has 0 aliphatic carbocycles. The van der Waals surface area contributed by atoms with Crippen LogP contribution in [-0.4, -0.2) is 29.0 Å². The van der Waals surface area contributed by atoms with E-state index in [9.17, 15) is 0 Å². The summed E-state index contributed by atoms with van der Waals surface area (Å²) in [7, 11) is 3.30. The number of benzene rings is 2. The van der Waals surface area contributed by atoms with E-state index in [0.717, 1.165) is 29.4 Å². The normalized spacial score (nSPS) is 18.7. The smallest absolute Gasteiger partial charge is 0.222 e. The van der Waals surface area contributed by atoms with Gasteiger partial charge in [0.2, 0.25) is 5.95 Å². The SMILES string of the molecule is COc1ccc(C2CC(c3ccc(C)cc3)Nc3ncnn32)cc1OC. The van der Waals surface area contributed by atoms with E-state index in [0.29, 0.717) is 0 Å². The molecule has 2 aromatic carbocycles. The van der Waals surface area contributed by atoms with Gasteiger partial charge in [0.25, 0.3) is 0 Å². The maximum absolute atomic E-state index is 5.48. The molecule has 0 saturated carbocycles. The van der Waals surface area contributed by atoms with Gasteiger partial charge in [-0.15, -0.1) is 0 Å². The van der Waals surface area contributed by atoms with Gasteiger partial charge in [0.15, 0.2) is 11.5 Å². The van der Waals surface area contributed by atoms with Crippen LogP contribution < -0.4 is 14.8 Å². The Bertz CT molecular complexity index is 904. The van der Waals surface area contributed by atoms with Crippen LogP contribution in [0.1, 0.15) is 35.2 Å². The van der Waals surface area contributed by atoms with Crippen LogP contribution in [-0.2, 0) is 0 Å². The third kappa shape index (κ3) is 2.87. The second kappa shape index (κ2) is 6.71. The van der Waals surface area contributed by atoms with E-state index in [1.54, 1.807) is 20.5 Å². The summed E-state index contributed by atoms with van der Waals surface area (Å²) in [6, 6.07) is 14.9. The summed E-state index contributed by atoms with van der Waals surface area (Å²) in [4.78, 5) is 4.39. The topological polar surface area (TPSA) is 61.2 Å². The maximum atomic E-state index is 5.48. The zero-order valence-electron chi connectivity index (χ0n) is 15.1. The Balaban J connectivity index is 1.72. The van der Waals surface area contributed by atoms with Gasteiger partial charge < -0.3 is 14.8 Å². The van der Waals surface area contributed by atoms with Crippen LogP contribution in [0.3, 0.4) is 0 Å². The minimum Gasteiger partial charge on any atom is -0.493 e. The molecule has 0 bridgehead atoms. The van der Waals surface area contributed by atoms with Crippen molar-refractivity contribution in [2.45, 2.75) is 25.4 Å². The molecule has 1 aliphatic heterocycles. The summed E-state index contributed by atoms with van der Waals surface area (Å²) in [5.74, 6) is 2.22. The highest BCUT2D eigenvalue weighted by Gasteiger charge is 2.30. The Morgan fingerprint density at radius 1 is 1.00 bits per heavy atom. The number of fused-ring (bicyclic) bond motifs is 1. The van der Waals surface area contributed by atoms with Crippen LogP contribution in [0.15, 0.2) is 48.8 Å². The zero-order valence-corrected chi connectivity index (χ0v) is 15.1. The summed E-state index contributed by atoms with van der Waals surface area (Å²) in [6.07, 6.45) is 2.46. The van der Waals surface area contributed by atoms with Gasteiger partial charge in [-0.25, -0.2) is 4.68 Å². The minimum atomic E-state index is 0.0693. The number of rotatable bonds is 4. The van der Waals surface area contributed by atoms with E-state index in [1.807, 2.05) is 16.8 Å². The molecule has 134 valence electrons. The summed E-state index contributed by atoms with van der Waals surface area (Å²) in [6.45, 7) is 2.10. The summed E-state index contributed by atoms with van der Waals surface area (Å²) in [5, 5.41) is 7.92. The third-order valence-corrected chi connectivity index (χ3v) is 4.90. The van der Waals surface area contributed by atoms with Crippen molar-refractivity contribution in [2.75, 3.05) is 19.5 Å². The van der Waals surface area contributed by atoms with Gasteiger partial charge in [-0.3, -0.25) is 0 Å². The van der Waals surface area contributed by atoms with Crippen molar-refractivity contribution >= 4 is 5.95 Å². The quantitative estimate of drug-likeness (QED) is 0.776. The van der Waals surface area contributed by atoms with Gasteiger partial charge in [-0.1, -0.05) is 35.9 Å². The molecule has 1 N–H and O–H groups in total. The first-order chi connectivity index (χ1) is 12.7. The molecular formula is C20H22N4O2. The number of aryl methyl sites for hydroxylation is 1. The van der Waals surface area contributed by atoms with Gasteiger partial charge in [0.05, 0.1) is 26.3 Å². The van der Waals surface area contributed by atoms with Crippen molar-refractivity contribution in [3.8, 4) is 11.5 Å². The number of nitrogens with zero attached hydrogens (tertiary/aromatic N) is 3. The zero-order chi connectivity index (χ0) is 18.1. The highest BCUT2D eigenvalue weighted by molar-refractivity contribution is 5.46. The van der Waals surface area contributed by atoms with Crippen molar-refractivity contribution in [2.24, 2.45) is 0 Å². The molecule has 3 aromatic rings. The molecule has 0 amide bonds. The third-order valence-electron chi connectivity index (χ3n) is 4.90. The molecule has 2 heterocycles. The maximum Gasteiger partial charge on any atom is 0.222 e. The number of methoxy groups -OCH3 is 2. The van der Waals surface area contributed by atoms with Crippen molar-refractivity contribution in [3.05, 3.63) is 65.5 Å². The first-order valence-electron chi connectivity index (χ1n) is 8.64. The largest absolute Gasteiger partial charge is 0.493 e. The predicted octanol–water partition coefficient (Wildman–Crippen LogP) is 3.75. The molecule has 2 unspecified atom stereocenters. The van der Waals surface area contributed by atoms with E-state index in [4.69, 9.17) is 9.47 Å². The van der Waals surface area contributed by atoms with E-state index in [-0.39, 0.29) is 12.1 Å². The van der Waals surface area contributed by atoms with Crippen molar-refractivity contribution in [3.63, 3.8) is 0 Å². The summed E-state index contributed by atoms with van der Waals surface area (Å²) in [5.41, 5.74) is 3.62. The Labute approximate surface area is 152 Å². The number of anilines is 1. The second-order valence-corrected chi connectivity index (χ2v) is 6.50. The second-order valence-electron chi connectivity index (χ2n) is 6.50. The Hall–Kier alpha value is -3.02. The number of nitrogens with one attached hydrogen (secondary N) is 1. The van der Waals surface area contributed by atoms with Crippen LogP contribution in [0.4, 0.5) is 5.95 Å². The molecule has 26 heavy (non-hydrogen) atoms. The van der Waals surface area contributed by atoms with Gasteiger partial charge >= 0.3 is 0 Å². The van der Waals surface area contributed by atoms with Crippen LogP contribution in [0.25, 0.3) is 0 Å². The molecule has 1 aromatic heterocycles. The Kier molecular flexibility index (Phi) is 4.24. The Morgan fingerprint density at radius 2 is 1.73 bits per heavy atom. The average Bonchev–Trinajstić information content (AvgIpc) is 3.16. The molecule has 1 aliphatic rings. The number of hydrogen-bond donors (Lipinski definition) is 1. The molecule has 0 radical (unpaired) electrons. The van der Waals surface area contributed by atoms with Gasteiger partial charge in [-0.05, 0) is 36.6 Å². The lowest BCUT2D eigenvalue weighted by molar-refractivity contribution is 0.352. The number of ether oxygens (including phenoxy) is 2. The Morgan fingerprint density at radius 3 is 2.46 bits per heavy atom. The molecule has 0 fully saturated rings. The van der Waals surface area contributed by atoms with Crippen molar-refractivity contribution < 1.29 is 9.47 Å². The lowest BCUT2D eigenvalue weighted by Gasteiger charge is -2.32. The van der Waals surface area contributed by atoms with Crippen LogP contribution >= 0.6 is 0 Å². The number of hydrogen-bond acceptors (Lipinski definition) is 5. The fraction of sp³-hybridized carbons (Fsp3) is 0.300. The fourth-order valence-corrected chi connectivity index (χ4v) is 3.47. The molecule has 0 spiro atoms. The highest BCUT2D eigenvalue weighted by Crippen LogP contribution is 2.39. The highest BCUT2D eigenvalue weighted by atomic mass is 16.5. The lowest BCUT2D eigenvalue weighted by atomic mass is 9.93. The van der Waals surface area contributed by atoms with E-state index < -0.39 is 0 Å². The van der Waals surface area contributed by atoms with Crippen molar-refractivity contribution in [1.82, 2.24) is 14.8 Å². The van der Waals surface area contributed by atoms with E-state index in [1.165, 1.54) is 11.1 Å². The molecule has 6 nitrogen and oxygen atoms in total. The summed E-state index contributed by atoms with van der Waals surface area (Å²) < 4.78 is 12.8. The average molecular weight is 350 g/mol. The monoisotopic (exact) mass is 350 g/mol. The van der Waals surface area contributed by atoms with E-state index in [2.05, 4.69) is 52.7 Å². The standard InChI is InChI=1S/C20H22N4O2/c1-13-4-6-14(7-5-13)16-11-17(24-20(23-16)21-12-22-24)15-8-9-18(25-2)19(10-15)26-3/h4-10,12,16-17H,11H2,1-3H3,(H,21,22,23). The van der Waals surface area contributed by atoms with Crippen LogP contribution in [0.5, 0.6) is 11.5 Å². The molecule has 6 heteroatoms. The molecule has 0 saturated heterocycles. The lowest BCUT2D eigenvalue weighted by Crippen LogP contribution is -2.28. The van der Waals surface area contributed by atoms with Gasteiger partial charge in [-0.2, -0.15) is 10.1 Å². The number of aromatic nitrogens is 3. The minimum absolute atomic E-state index is 0.0693. The first-order valence-corrected chi connectivity index (χ1v) is 8.64. The van der Waals surface area contributed by atoms with Crippen LogP contribution in [0.2, 0.25) is 0 Å². The van der Waals surface area contributed by atoms with Crippen molar-refractivity contribution in [1.29, 1.82) is 0 Å². The van der Waals surface area contributed by atoms with Gasteiger partial charge in [0.1, 0.15) is 6.33 Å². The molecule has 4 rings (SSSR count). The van der Waals surface area contributed by atoms with Gasteiger partial charge in [0, 0.05) is 0 Å². The van der Waals surface area contributed by atoms with E-state index >= 15 is 0 Å². The molecular weight excluding hydrogens is 328 g/mol. The fourth-order valence-electron chi connectivity index (χ4n) is 3.47. The molecule has 2 atom stereocenters. The van der Waals surface area contributed by atoms with Crippen LogP contribution in [0, 0.1) is 6.92 Å². The predicted molar refractivity (Wildman–Crippen MR) is 99.9 cm³/mol. The first kappa shape index (κ1) is 16.4.